The second-order valence-electron chi connectivity index (χ2n) is 2.64. The molecule has 0 rings (SSSR count). The van der Waals surface area contributed by atoms with Crippen LogP contribution in [0.1, 0.15) is 27.7 Å². The van der Waals surface area contributed by atoms with Crippen LogP contribution in [-0.2, 0) is 4.79 Å². The predicted octanol–water partition coefficient (Wildman–Crippen LogP) is 1.12. The fourth-order valence-electron chi connectivity index (χ4n) is 0.701. The second-order valence-corrected chi connectivity index (χ2v) is 2.64. The lowest BCUT2D eigenvalue weighted by atomic mass is 10.2. The second kappa shape index (κ2) is 8.53. The van der Waals surface area contributed by atoms with Gasteiger partial charge < -0.3 is 10.0 Å². The maximum Gasteiger partial charge on any atom is 0.224 e. The van der Waals surface area contributed by atoms with E-state index in [1.165, 1.54) is 4.90 Å². The zero-order valence-electron chi connectivity index (χ0n) is 8.79. The van der Waals surface area contributed by atoms with Gasteiger partial charge in [-0.05, 0) is 0 Å². The molecule has 0 radical (unpaired) electrons. The van der Waals surface area contributed by atoms with Gasteiger partial charge in [-0.25, -0.2) is 0 Å². The molecule has 0 aromatic carbocycles. The van der Waals surface area contributed by atoms with Crippen molar-refractivity contribution < 1.29 is 9.90 Å². The summed E-state index contributed by atoms with van der Waals surface area (Å²) >= 11 is 0. The first kappa shape index (κ1) is 14.0. The predicted molar refractivity (Wildman–Crippen MR) is 50.9 cm³/mol. The summed E-state index contributed by atoms with van der Waals surface area (Å²) in [6.45, 7) is 8.15. The average molecular weight is 175 g/mol. The number of nitrogens with zero attached hydrogens (tertiary/aromatic N) is 1. The third kappa shape index (κ3) is 6.16. The fourth-order valence-corrected chi connectivity index (χ4v) is 0.701. The molecule has 1 amide bonds. The average Bonchev–Trinajstić information content (AvgIpc) is 2.07. The van der Waals surface area contributed by atoms with Crippen LogP contribution in [0, 0.1) is 5.92 Å². The molecule has 74 valence electrons. The summed E-state index contributed by atoms with van der Waals surface area (Å²) in [6.07, 6.45) is 0. The highest BCUT2D eigenvalue weighted by atomic mass is 16.3. The number of hydrogen-bond acceptors (Lipinski definition) is 2. The van der Waals surface area contributed by atoms with E-state index in [1.807, 2.05) is 27.7 Å². The molecule has 0 heterocycles. The van der Waals surface area contributed by atoms with Crippen LogP contribution >= 0.6 is 0 Å². The minimum Gasteiger partial charge on any atom is -0.395 e. The van der Waals surface area contributed by atoms with E-state index in [2.05, 4.69) is 0 Å². The van der Waals surface area contributed by atoms with Crippen molar-refractivity contribution >= 4 is 5.91 Å². The van der Waals surface area contributed by atoms with E-state index in [-0.39, 0.29) is 18.4 Å². The Balaban J connectivity index is 0. The summed E-state index contributed by atoms with van der Waals surface area (Å²) < 4.78 is 0. The van der Waals surface area contributed by atoms with E-state index in [4.69, 9.17) is 5.11 Å². The summed E-state index contributed by atoms with van der Waals surface area (Å²) in [6, 6.07) is 0. The van der Waals surface area contributed by atoms with Gasteiger partial charge in [0.2, 0.25) is 5.91 Å². The van der Waals surface area contributed by atoms with Crippen molar-refractivity contribution in [2.45, 2.75) is 27.7 Å². The lowest BCUT2D eigenvalue weighted by molar-refractivity contribution is -0.133. The molecule has 0 aromatic heterocycles. The molecule has 3 heteroatoms. The summed E-state index contributed by atoms with van der Waals surface area (Å²) in [5, 5.41) is 8.47. The van der Waals surface area contributed by atoms with Crippen LogP contribution in [0.15, 0.2) is 0 Å². The van der Waals surface area contributed by atoms with Crippen molar-refractivity contribution in [3.8, 4) is 0 Å². The zero-order valence-corrected chi connectivity index (χ0v) is 8.79. The third-order valence-corrected chi connectivity index (χ3v) is 1.31. The lowest BCUT2D eigenvalue weighted by Crippen LogP contribution is -2.32. The molecule has 0 aliphatic heterocycles. The smallest absolute Gasteiger partial charge is 0.224 e. The van der Waals surface area contributed by atoms with E-state index >= 15 is 0 Å². The molecule has 0 unspecified atom stereocenters. The van der Waals surface area contributed by atoms with Crippen molar-refractivity contribution in [1.29, 1.82) is 0 Å². The first-order chi connectivity index (χ1) is 5.59. The van der Waals surface area contributed by atoms with E-state index in [1.54, 1.807) is 7.05 Å². The van der Waals surface area contributed by atoms with Crippen LogP contribution in [0.2, 0.25) is 0 Å². The Bertz CT molecular complexity index is 113. The van der Waals surface area contributed by atoms with Crippen LogP contribution in [0.3, 0.4) is 0 Å². The number of likely N-dealkylation sites (N-methyl/N-ethyl adjacent to an activating group) is 1. The zero-order chi connectivity index (χ0) is 10.1. The first-order valence-corrected chi connectivity index (χ1v) is 4.45. The topological polar surface area (TPSA) is 40.5 Å². The Morgan fingerprint density at radius 2 is 1.83 bits per heavy atom. The summed E-state index contributed by atoms with van der Waals surface area (Å²) in [7, 11) is 1.69. The number of rotatable bonds is 3. The summed E-state index contributed by atoms with van der Waals surface area (Å²) in [5.74, 6) is 0.102. The highest BCUT2D eigenvalue weighted by molar-refractivity contribution is 5.77. The number of amides is 1. The summed E-state index contributed by atoms with van der Waals surface area (Å²) in [4.78, 5) is 12.6. The van der Waals surface area contributed by atoms with Crippen molar-refractivity contribution in [2.75, 3.05) is 20.2 Å². The molecule has 12 heavy (non-hydrogen) atoms. The van der Waals surface area contributed by atoms with Gasteiger partial charge in [0.25, 0.3) is 0 Å². The van der Waals surface area contributed by atoms with Crippen molar-refractivity contribution in [1.82, 2.24) is 4.90 Å². The van der Waals surface area contributed by atoms with Crippen molar-refractivity contribution in [3.05, 3.63) is 0 Å². The lowest BCUT2D eigenvalue weighted by Gasteiger charge is -2.17. The van der Waals surface area contributed by atoms with Gasteiger partial charge in [0.15, 0.2) is 0 Å². The molecular weight excluding hydrogens is 154 g/mol. The van der Waals surface area contributed by atoms with E-state index < -0.39 is 0 Å². The highest BCUT2D eigenvalue weighted by Gasteiger charge is 2.10. The maximum absolute atomic E-state index is 11.0. The summed E-state index contributed by atoms with van der Waals surface area (Å²) in [5.41, 5.74) is 0. The molecule has 3 nitrogen and oxygen atoms in total. The number of aliphatic hydroxyl groups is 1. The quantitative estimate of drug-likeness (QED) is 0.698. The molecule has 0 fully saturated rings. The van der Waals surface area contributed by atoms with Gasteiger partial charge in [0, 0.05) is 19.5 Å². The fraction of sp³-hybridized carbons (Fsp3) is 0.889. The number of hydrogen-bond donors (Lipinski definition) is 1. The normalized spacial score (nSPS) is 8.92. The van der Waals surface area contributed by atoms with Crippen LogP contribution < -0.4 is 0 Å². The molecule has 0 saturated carbocycles. The van der Waals surface area contributed by atoms with Gasteiger partial charge in [-0.1, -0.05) is 27.7 Å². The Kier molecular flexibility index (Phi) is 9.93. The number of aliphatic hydroxyl groups excluding tert-OH is 1. The standard InChI is InChI=1S/C7H15NO2.C2H6/c1-6(2)7(10)8(3)4-5-9;1-2/h6,9H,4-5H2,1-3H3;1-2H3. The molecule has 0 saturated heterocycles. The van der Waals surface area contributed by atoms with Crippen LogP contribution in [0.5, 0.6) is 0 Å². The minimum atomic E-state index is 0.0246. The molecule has 1 N–H and O–H groups in total. The largest absolute Gasteiger partial charge is 0.395 e. The van der Waals surface area contributed by atoms with E-state index in [9.17, 15) is 4.79 Å². The van der Waals surface area contributed by atoms with Crippen LogP contribution in [0.4, 0.5) is 0 Å². The SMILES string of the molecule is CC.CC(C)C(=O)N(C)CCO. The van der Waals surface area contributed by atoms with Gasteiger partial charge in [-0.15, -0.1) is 0 Å². The Morgan fingerprint density at radius 3 is 2.08 bits per heavy atom. The van der Waals surface area contributed by atoms with Crippen LogP contribution in [-0.4, -0.2) is 36.1 Å². The molecule has 0 bridgehead atoms. The molecule has 0 spiro atoms. The monoisotopic (exact) mass is 175 g/mol. The van der Waals surface area contributed by atoms with Gasteiger partial charge in [-0.3, -0.25) is 4.79 Å². The maximum atomic E-state index is 11.0. The molecule has 0 aliphatic carbocycles. The third-order valence-electron chi connectivity index (χ3n) is 1.31. The van der Waals surface area contributed by atoms with Crippen LogP contribution in [0.25, 0.3) is 0 Å². The van der Waals surface area contributed by atoms with Gasteiger partial charge >= 0.3 is 0 Å². The number of carbonyl (C=O) groups is 1. The van der Waals surface area contributed by atoms with Gasteiger partial charge in [0.05, 0.1) is 6.61 Å². The Morgan fingerprint density at radius 1 is 1.42 bits per heavy atom. The van der Waals surface area contributed by atoms with Gasteiger partial charge in [0.1, 0.15) is 0 Å². The van der Waals surface area contributed by atoms with E-state index in [0.29, 0.717) is 6.54 Å². The highest BCUT2D eigenvalue weighted by Crippen LogP contribution is 1.97. The number of carbonyl (C=O) groups excluding carboxylic acids is 1. The van der Waals surface area contributed by atoms with E-state index in [0.717, 1.165) is 0 Å². The molecule has 0 atom stereocenters. The minimum absolute atomic E-state index is 0.0246. The Labute approximate surface area is 75.4 Å². The molecular formula is C9H21NO2. The van der Waals surface area contributed by atoms with Crippen molar-refractivity contribution in [2.24, 2.45) is 5.92 Å². The van der Waals surface area contributed by atoms with Gasteiger partial charge in [-0.2, -0.15) is 0 Å². The molecule has 0 aliphatic rings. The molecule has 0 aromatic rings. The van der Waals surface area contributed by atoms with Crippen molar-refractivity contribution in [3.63, 3.8) is 0 Å². The Hall–Kier alpha value is -0.570. The first-order valence-electron chi connectivity index (χ1n) is 4.45.